The number of hydrogen-bond acceptors (Lipinski definition) is 2. The molecule has 120 valence electrons. The van der Waals surface area contributed by atoms with Crippen molar-refractivity contribution in [3.8, 4) is 16.9 Å². The number of para-hydroxylation sites is 1. The van der Waals surface area contributed by atoms with Gasteiger partial charge >= 0.3 is 0 Å². The molecule has 0 bridgehead atoms. The van der Waals surface area contributed by atoms with Crippen LogP contribution in [0.25, 0.3) is 16.9 Å². The van der Waals surface area contributed by atoms with Gasteiger partial charge in [-0.2, -0.15) is 5.10 Å². The van der Waals surface area contributed by atoms with Crippen molar-refractivity contribution < 1.29 is 4.79 Å². The van der Waals surface area contributed by atoms with Gasteiger partial charge in [-0.25, -0.2) is 4.68 Å². The van der Waals surface area contributed by atoms with Crippen molar-refractivity contribution in [2.75, 3.05) is 13.1 Å². The van der Waals surface area contributed by atoms with Crippen molar-refractivity contribution in [3.05, 3.63) is 72.4 Å². The molecule has 4 rings (SSSR count). The second-order valence-electron chi connectivity index (χ2n) is 6.34. The number of amides is 1. The molecule has 1 aromatic heterocycles. The van der Waals surface area contributed by atoms with E-state index < -0.39 is 0 Å². The van der Waals surface area contributed by atoms with E-state index in [9.17, 15) is 4.79 Å². The van der Waals surface area contributed by atoms with Gasteiger partial charge < -0.3 is 4.90 Å². The van der Waals surface area contributed by atoms with Gasteiger partial charge in [-0.15, -0.1) is 0 Å². The molecule has 0 N–H and O–H groups in total. The van der Waals surface area contributed by atoms with E-state index in [1.165, 1.54) is 0 Å². The maximum Gasteiger partial charge on any atom is 0.274 e. The summed E-state index contributed by atoms with van der Waals surface area (Å²) >= 11 is 0. The van der Waals surface area contributed by atoms with Crippen LogP contribution >= 0.6 is 0 Å². The molecular weight excluding hydrogens is 298 g/mol. The zero-order valence-corrected chi connectivity index (χ0v) is 13.6. The lowest BCUT2D eigenvalue weighted by Gasteiger charge is -2.36. The number of rotatable bonds is 3. The summed E-state index contributed by atoms with van der Waals surface area (Å²) in [6, 6.07) is 21.9. The van der Waals surface area contributed by atoms with Crippen LogP contribution in [0.3, 0.4) is 0 Å². The molecule has 1 aliphatic heterocycles. The minimum atomic E-state index is 0.0139. The van der Waals surface area contributed by atoms with Gasteiger partial charge in [-0.05, 0) is 24.1 Å². The maximum atomic E-state index is 12.7. The second-order valence-corrected chi connectivity index (χ2v) is 6.34. The lowest BCUT2D eigenvalue weighted by molar-refractivity contribution is 0.0524. The molecule has 1 aliphatic rings. The lowest BCUT2D eigenvalue weighted by atomic mass is 10.0. The van der Waals surface area contributed by atoms with Crippen molar-refractivity contribution in [2.24, 2.45) is 5.92 Å². The zero-order valence-electron chi connectivity index (χ0n) is 13.6. The SMILES string of the molecule is CC1CN(C(=O)c2cc(-c3ccccc3)n(-c3ccccc3)n2)C1. The Kier molecular flexibility index (Phi) is 3.65. The molecule has 2 heterocycles. The first-order valence-corrected chi connectivity index (χ1v) is 8.22. The Bertz CT molecular complexity index is 792. The largest absolute Gasteiger partial charge is 0.337 e. The Hall–Kier alpha value is -2.88. The van der Waals surface area contributed by atoms with Crippen LogP contribution in [-0.4, -0.2) is 33.7 Å². The van der Waals surface area contributed by atoms with E-state index >= 15 is 0 Å². The van der Waals surface area contributed by atoms with Crippen LogP contribution in [0.1, 0.15) is 17.4 Å². The van der Waals surface area contributed by atoms with Crippen LogP contribution in [0.15, 0.2) is 66.7 Å². The van der Waals surface area contributed by atoms with Gasteiger partial charge in [-0.3, -0.25) is 4.79 Å². The van der Waals surface area contributed by atoms with E-state index in [0.29, 0.717) is 11.6 Å². The van der Waals surface area contributed by atoms with Gasteiger partial charge in [0.2, 0.25) is 0 Å². The molecule has 2 aromatic carbocycles. The minimum absolute atomic E-state index is 0.0139. The van der Waals surface area contributed by atoms with E-state index in [1.54, 1.807) is 0 Å². The smallest absolute Gasteiger partial charge is 0.274 e. The van der Waals surface area contributed by atoms with Crippen LogP contribution < -0.4 is 0 Å². The number of likely N-dealkylation sites (tertiary alicyclic amines) is 1. The Morgan fingerprint density at radius 3 is 2.25 bits per heavy atom. The number of hydrogen-bond donors (Lipinski definition) is 0. The topological polar surface area (TPSA) is 38.1 Å². The highest BCUT2D eigenvalue weighted by Crippen LogP contribution is 2.25. The average Bonchev–Trinajstić information content (AvgIpc) is 3.05. The molecule has 4 nitrogen and oxygen atoms in total. The summed E-state index contributed by atoms with van der Waals surface area (Å²) in [7, 11) is 0. The second kappa shape index (κ2) is 5.96. The van der Waals surface area contributed by atoms with Crippen LogP contribution in [0.4, 0.5) is 0 Å². The first-order valence-electron chi connectivity index (χ1n) is 8.22. The third-order valence-corrected chi connectivity index (χ3v) is 4.35. The van der Waals surface area contributed by atoms with Crippen molar-refractivity contribution in [2.45, 2.75) is 6.92 Å². The molecule has 1 saturated heterocycles. The lowest BCUT2D eigenvalue weighted by Crippen LogP contribution is -2.48. The summed E-state index contributed by atoms with van der Waals surface area (Å²) in [5.74, 6) is 0.596. The third kappa shape index (κ3) is 2.60. The number of carbonyl (C=O) groups is 1. The van der Waals surface area contributed by atoms with Crippen LogP contribution in [0.2, 0.25) is 0 Å². The van der Waals surface area contributed by atoms with Gasteiger partial charge in [0.05, 0.1) is 11.4 Å². The Balaban J connectivity index is 1.78. The van der Waals surface area contributed by atoms with E-state index in [1.807, 2.05) is 76.3 Å². The number of carbonyl (C=O) groups excluding carboxylic acids is 1. The highest BCUT2D eigenvalue weighted by Gasteiger charge is 2.30. The highest BCUT2D eigenvalue weighted by atomic mass is 16.2. The molecule has 0 atom stereocenters. The molecule has 1 amide bonds. The quantitative estimate of drug-likeness (QED) is 0.740. The van der Waals surface area contributed by atoms with Gasteiger partial charge in [-0.1, -0.05) is 55.5 Å². The van der Waals surface area contributed by atoms with Crippen LogP contribution in [-0.2, 0) is 0 Å². The van der Waals surface area contributed by atoms with Crippen molar-refractivity contribution in [1.82, 2.24) is 14.7 Å². The summed E-state index contributed by atoms with van der Waals surface area (Å²) in [6.45, 7) is 3.79. The van der Waals surface area contributed by atoms with E-state index in [4.69, 9.17) is 0 Å². The Morgan fingerprint density at radius 1 is 1.00 bits per heavy atom. The normalized spacial score (nSPS) is 14.5. The molecule has 0 radical (unpaired) electrons. The van der Waals surface area contributed by atoms with E-state index in [-0.39, 0.29) is 5.91 Å². The summed E-state index contributed by atoms with van der Waals surface area (Å²) in [6.07, 6.45) is 0. The van der Waals surface area contributed by atoms with Crippen molar-refractivity contribution in [1.29, 1.82) is 0 Å². The Labute approximate surface area is 141 Å². The van der Waals surface area contributed by atoms with E-state index in [0.717, 1.165) is 30.0 Å². The van der Waals surface area contributed by atoms with Gasteiger partial charge in [0.25, 0.3) is 5.91 Å². The number of benzene rings is 2. The molecule has 0 spiro atoms. The predicted molar refractivity (Wildman–Crippen MR) is 94.1 cm³/mol. The Morgan fingerprint density at radius 2 is 1.62 bits per heavy atom. The molecule has 3 aromatic rings. The standard InChI is InChI=1S/C20H19N3O/c1-15-13-22(14-15)20(24)18-12-19(16-8-4-2-5-9-16)23(21-18)17-10-6-3-7-11-17/h2-12,15H,13-14H2,1H3. The fourth-order valence-corrected chi connectivity index (χ4v) is 3.09. The monoisotopic (exact) mass is 317 g/mol. The third-order valence-electron chi connectivity index (χ3n) is 4.35. The molecule has 4 heteroatoms. The highest BCUT2D eigenvalue weighted by molar-refractivity contribution is 5.94. The summed E-state index contributed by atoms with van der Waals surface area (Å²) in [4.78, 5) is 14.5. The molecular formula is C20H19N3O. The van der Waals surface area contributed by atoms with E-state index in [2.05, 4.69) is 12.0 Å². The van der Waals surface area contributed by atoms with Gasteiger partial charge in [0.15, 0.2) is 5.69 Å². The van der Waals surface area contributed by atoms with Gasteiger partial charge in [0, 0.05) is 18.7 Å². The first kappa shape index (κ1) is 14.7. The summed E-state index contributed by atoms with van der Waals surface area (Å²) < 4.78 is 1.85. The van der Waals surface area contributed by atoms with Crippen molar-refractivity contribution >= 4 is 5.91 Å². The number of aromatic nitrogens is 2. The minimum Gasteiger partial charge on any atom is -0.337 e. The average molecular weight is 317 g/mol. The maximum absolute atomic E-state index is 12.7. The van der Waals surface area contributed by atoms with Gasteiger partial charge in [0.1, 0.15) is 0 Å². The fourth-order valence-electron chi connectivity index (χ4n) is 3.09. The van der Waals surface area contributed by atoms with Crippen molar-refractivity contribution in [3.63, 3.8) is 0 Å². The summed E-state index contributed by atoms with van der Waals surface area (Å²) in [5, 5.41) is 4.61. The zero-order chi connectivity index (χ0) is 16.5. The molecule has 0 aliphatic carbocycles. The molecule has 24 heavy (non-hydrogen) atoms. The van der Waals surface area contributed by atoms with Crippen LogP contribution in [0, 0.1) is 5.92 Å². The molecule has 1 fully saturated rings. The summed E-state index contributed by atoms with van der Waals surface area (Å²) in [5.41, 5.74) is 3.43. The fraction of sp³-hybridized carbons (Fsp3) is 0.200. The predicted octanol–water partition coefficient (Wildman–Crippen LogP) is 3.63. The molecule has 0 unspecified atom stereocenters. The first-order chi connectivity index (χ1) is 11.7. The number of nitrogens with zero attached hydrogens (tertiary/aromatic N) is 3. The van der Waals surface area contributed by atoms with Crippen LogP contribution in [0.5, 0.6) is 0 Å². The molecule has 0 saturated carbocycles.